The molecule has 0 spiro atoms. The Labute approximate surface area is 213 Å². The Hall–Kier alpha value is -3.28. The number of hydrogen-bond acceptors (Lipinski definition) is 3. The first-order chi connectivity index (χ1) is 17.6. The fourth-order valence-electron chi connectivity index (χ4n) is 5.39. The first-order valence-corrected chi connectivity index (χ1v) is 13.5. The number of carbonyl (C=O) groups is 2. The first kappa shape index (κ1) is 24.4. The second-order valence-electron chi connectivity index (χ2n) is 10.2. The van der Waals surface area contributed by atoms with E-state index in [1.165, 1.54) is 10.9 Å². The number of rotatable bonds is 11. The first-order valence-electron chi connectivity index (χ1n) is 13.5. The zero-order valence-corrected chi connectivity index (χ0v) is 21.2. The highest BCUT2D eigenvalue weighted by Gasteiger charge is 2.38. The minimum Gasteiger partial charge on any atom is -0.494 e. The van der Waals surface area contributed by atoms with Gasteiger partial charge in [-0.05, 0) is 68.4 Å². The van der Waals surface area contributed by atoms with Gasteiger partial charge < -0.3 is 19.5 Å². The second kappa shape index (κ2) is 11.2. The molecule has 190 valence electrons. The summed E-state index contributed by atoms with van der Waals surface area (Å²) in [5.41, 5.74) is 3.38. The maximum Gasteiger partial charge on any atom is 0.242 e. The van der Waals surface area contributed by atoms with E-state index in [-0.39, 0.29) is 30.3 Å². The molecule has 2 fully saturated rings. The van der Waals surface area contributed by atoms with Crippen LogP contribution in [0.2, 0.25) is 0 Å². The number of aromatic nitrogens is 1. The van der Waals surface area contributed by atoms with E-state index in [0.717, 1.165) is 61.8 Å². The topological polar surface area (TPSA) is 65.6 Å². The zero-order valence-electron chi connectivity index (χ0n) is 21.2. The summed E-state index contributed by atoms with van der Waals surface area (Å²) in [4.78, 5) is 34.1. The molecule has 0 aliphatic heterocycles. The third-order valence-corrected chi connectivity index (χ3v) is 7.57. The smallest absolute Gasteiger partial charge is 0.242 e. The summed E-state index contributed by atoms with van der Waals surface area (Å²) in [5, 5.41) is 1.20. The van der Waals surface area contributed by atoms with Crippen LogP contribution in [0.15, 0.2) is 54.7 Å². The van der Waals surface area contributed by atoms with Gasteiger partial charge in [0.2, 0.25) is 11.8 Å². The highest BCUT2D eigenvalue weighted by atomic mass is 16.5. The Bertz CT molecular complexity index is 1180. The van der Waals surface area contributed by atoms with Gasteiger partial charge in [0, 0.05) is 42.1 Å². The van der Waals surface area contributed by atoms with Gasteiger partial charge in [0.15, 0.2) is 0 Å². The van der Waals surface area contributed by atoms with Crippen molar-refractivity contribution in [2.24, 2.45) is 5.92 Å². The van der Waals surface area contributed by atoms with E-state index in [4.69, 9.17) is 4.74 Å². The van der Waals surface area contributed by atoms with E-state index >= 15 is 0 Å². The number of H-pyrrole nitrogens is 1. The molecule has 0 unspecified atom stereocenters. The number of para-hydroxylation sites is 1. The molecule has 1 N–H and O–H groups in total. The third-order valence-electron chi connectivity index (χ3n) is 7.57. The molecule has 6 heteroatoms. The fourth-order valence-corrected chi connectivity index (χ4v) is 5.39. The molecule has 5 rings (SSSR count). The van der Waals surface area contributed by atoms with Crippen molar-refractivity contribution < 1.29 is 14.3 Å². The van der Waals surface area contributed by atoms with Crippen LogP contribution in [0.3, 0.4) is 0 Å². The Kier molecular flexibility index (Phi) is 7.59. The van der Waals surface area contributed by atoms with E-state index in [0.29, 0.717) is 19.7 Å². The summed E-state index contributed by atoms with van der Waals surface area (Å²) in [6.45, 7) is 3.90. The van der Waals surface area contributed by atoms with Crippen LogP contribution < -0.4 is 4.74 Å². The monoisotopic (exact) mass is 487 g/mol. The molecule has 36 heavy (non-hydrogen) atoms. The molecule has 2 saturated carbocycles. The molecule has 2 amide bonds. The van der Waals surface area contributed by atoms with Crippen LogP contribution in [0, 0.1) is 5.92 Å². The number of benzene rings is 2. The number of aromatic amines is 1. The van der Waals surface area contributed by atoms with Crippen LogP contribution in [0.4, 0.5) is 0 Å². The van der Waals surface area contributed by atoms with Crippen LogP contribution in [-0.4, -0.2) is 52.3 Å². The van der Waals surface area contributed by atoms with E-state index < -0.39 is 0 Å². The molecule has 3 aromatic rings. The van der Waals surface area contributed by atoms with Gasteiger partial charge >= 0.3 is 0 Å². The summed E-state index contributed by atoms with van der Waals surface area (Å²) in [7, 11) is 0. The van der Waals surface area contributed by atoms with Gasteiger partial charge in [-0.1, -0.05) is 43.2 Å². The molecular weight excluding hydrogens is 450 g/mol. The van der Waals surface area contributed by atoms with Gasteiger partial charge in [-0.3, -0.25) is 9.59 Å². The lowest BCUT2D eigenvalue weighted by Crippen LogP contribution is -2.46. The van der Waals surface area contributed by atoms with Crippen LogP contribution in [0.5, 0.6) is 5.75 Å². The lowest BCUT2D eigenvalue weighted by Gasteiger charge is -2.29. The number of nitrogens with zero attached hydrogens (tertiary/aromatic N) is 2. The minimum absolute atomic E-state index is 0.0296. The van der Waals surface area contributed by atoms with Gasteiger partial charge in [0.05, 0.1) is 6.61 Å². The van der Waals surface area contributed by atoms with Crippen molar-refractivity contribution in [3.63, 3.8) is 0 Å². The summed E-state index contributed by atoms with van der Waals surface area (Å²) in [6.07, 6.45) is 9.01. The predicted octanol–water partition coefficient (Wildman–Crippen LogP) is 5.32. The Balaban J connectivity index is 1.32. The Morgan fingerprint density at radius 2 is 1.75 bits per heavy atom. The summed E-state index contributed by atoms with van der Waals surface area (Å²) in [6, 6.07) is 16.5. The van der Waals surface area contributed by atoms with Crippen molar-refractivity contribution in [1.82, 2.24) is 14.8 Å². The van der Waals surface area contributed by atoms with Gasteiger partial charge in [-0.25, -0.2) is 0 Å². The van der Waals surface area contributed by atoms with Crippen molar-refractivity contribution in [3.8, 4) is 5.75 Å². The van der Waals surface area contributed by atoms with Crippen LogP contribution in [0.1, 0.15) is 56.6 Å². The largest absolute Gasteiger partial charge is 0.494 e. The van der Waals surface area contributed by atoms with Gasteiger partial charge in [-0.2, -0.15) is 0 Å². The van der Waals surface area contributed by atoms with Crippen molar-refractivity contribution in [2.75, 3.05) is 19.7 Å². The normalized spacial score (nSPS) is 15.8. The lowest BCUT2D eigenvalue weighted by molar-refractivity contribution is -0.143. The molecule has 2 aliphatic rings. The molecule has 0 bridgehead atoms. The quantitative estimate of drug-likeness (QED) is 0.398. The molecule has 0 atom stereocenters. The third kappa shape index (κ3) is 5.75. The van der Waals surface area contributed by atoms with Gasteiger partial charge in [0.1, 0.15) is 12.3 Å². The number of ether oxygens (including phenoxy) is 1. The predicted molar refractivity (Wildman–Crippen MR) is 142 cm³/mol. The molecule has 6 nitrogen and oxygen atoms in total. The lowest BCUT2D eigenvalue weighted by atomic mass is 10.1. The van der Waals surface area contributed by atoms with E-state index in [2.05, 4.69) is 17.1 Å². The van der Waals surface area contributed by atoms with Crippen molar-refractivity contribution in [1.29, 1.82) is 0 Å². The fraction of sp³-hybridized carbons (Fsp3) is 0.467. The van der Waals surface area contributed by atoms with Gasteiger partial charge in [0.25, 0.3) is 0 Å². The number of fused-ring (bicyclic) bond motifs is 1. The molecule has 2 aromatic carbocycles. The Morgan fingerprint density at radius 1 is 1.00 bits per heavy atom. The average molecular weight is 488 g/mol. The van der Waals surface area contributed by atoms with E-state index in [9.17, 15) is 9.59 Å². The van der Waals surface area contributed by atoms with Crippen LogP contribution in [0.25, 0.3) is 10.9 Å². The van der Waals surface area contributed by atoms with E-state index in [1.54, 1.807) is 0 Å². The maximum atomic E-state index is 13.7. The summed E-state index contributed by atoms with van der Waals surface area (Å²) >= 11 is 0. The van der Waals surface area contributed by atoms with E-state index in [1.807, 2.05) is 59.3 Å². The van der Waals surface area contributed by atoms with Crippen LogP contribution >= 0.6 is 0 Å². The minimum atomic E-state index is 0.0296. The molecule has 1 heterocycles. The summed E-state index contributed by atoms with van der Waals surface area (Å²) in [5.74, 6) is 1.16. The average Bonchev–Trinajstić information content (AvgIpc) is 3.42. The molecule has 0 saturated heterocycles. The summed E-state index contributed by atoms with van der Waals surface area (Å²) < 4.78 is 5.58. The number of nitrogens with one attached hydrogen (secondary N) is 1. The van der Waals surface area contributed by atoms with Crippen LogP contribution in [-0.2, 0) is 22.6 Å². The zero-order chi connectivity index (χ0) is 24.9. The number of hydrogen-bond donors (Lipinski definition) is 1. The van der Waals surface area contributed by atoms with Gasteiger partial charge in [-0.15, -0.1) is 0 Å². The standard InChI is InChI=1S/C30H37N3O3/c1-2-36-26-15-11-22(12-16-26)20-32(18-17-24-19-31-28-10-6-5-9-27(24)28)29(34)21-33(25-13-14-25)30(35)23-7-3-4-8-23/h5-6,9-12,15-16,19,23,25,31H,2-4,7-8,13-14,17-18,20-21H2,1H3. The van der Waals surface area contributed by atoms with Crippen molar-refractivity contribution in [2.45, 2.75) is 64.5 Å². The SMILES string of the molecule is CCOc1ccc(CN(CCc2c[nH]c3ccccc23)C(=O)CN(C(=O)C2CCCC2)C2CC2)cc1. The molecule has 2 aliphatic carbocycles. The van der Waals surface area contributed by atoms with Crippen molar-refractivity contribution >= 4 is 22.7 Å². The number of carbonyl (C=O) groups excluding carboxylic acids is 2. The molecule has 0 radical (unpaired) electrons. The maximum absolute atomic E-state index is 13.7. The molecule has 1 aromatic heterocycles. The molecular formula is C30H37N3O3. The highest BCUT2D eigenvalue weighted by molar-refractivity contribution is 5.87. The highest BCUT2D eigenvalue weighted by Crippen LogP contribution is 2.33. The second-order valence-corrected chi connectivity index (χ2v) is 10.2. The van der Waals surface area contributed by atoms with Crippen molar-refractivity contribution in [3.05, 3.63) is 65.9 Å². The number of amides is 2. The Morgan fingerprint density at radius 3 is 2.47 bits per heavy atom.